The van der Waals surface area contributed by atoms with Crippen molar-refractivity contribution in [3.8, 4) is 35.5 Å². The van der Waals surface area contributed by atoms with E-state index in [1.807, 2.05) is 24.3 Å². The van der Waals surface area contributed by atoms with E-state index in [4.69, 9.17) is 0 Å². The normalized spacial score (nSPS) is 9.36. The first-order valence-electron chi connectivity index (χ1n) is 10.5. The number of aryl methyl sites for hydroxylation is 1. The minimum Gasteiger partial charge on any atom is -0.0979 e. The lowest BCUT2D eigenvalue weighted by atomic mass is 10.1. The van der Waals surface area contributed by atoms with Crippen LogP contribution in [0.2, 0.25) is 0 Å². The maximum absolute atomic E-state index is 3.24. The smallest absolute Gasteiger partial charge is 0.0256 e. The van der Waals surface area contributed by atoms with E-state index in [1.54, 1.807) is 0 Å². The molecule has 0 aliphatic heterocycles. The Bertz CT molecular complexity index is 879. The Kier molecular flexibility index (Phi) is 10.2. The molecule has 0 aliphatic rings. The van der Waals surface area contributed by atoms with Crippen molar-refractivity contribution < 1.29 is 0 Å². The number of hydrogen-bond donors (Lipinski definition) is 0. The molecule has 0 bridgehead atoms. The monoisotopic (exact) mass is 366 g/mol. The Morgan fingerprint density at radius 3 is 1.64 bits per heavy atom. The molecule has 0 heteroatoms. The lowest BCUT2D eigenvalue weighted by molar-refractivity contribution is 0.717. The average molecular weight is 367 g/mol. The molecule has 2 aromatic rings. The zero-order valence-electron chi connectivity index (χ0n) is 17.3. The van der Waals surface area contributed by atoms with Gasteiger partial charge in [-0.25, -0.2) is 0 Å². The lowest BCUT2D eigenvalue weighted by Crippen LogP contribution is -1.85. The highest BCUT2D eigenvalue weighted by Gasteiger charge is 1.93. The molecule has 28 heavy (non-hydrogen) atoms. The second-order valence-corrected chi connectivity index (χ2v) is 6.99. The Labute approximate surface area is 171 Å². The molecule has 0 fully saturated rings. The zero-order chi connectivity index (χ0) is 19.9. The maximum Gasteiger partial charge on any atom is 0.0256 e. The quantitative estimate of drug-likeness (QED) is 0.375. The van der Waals surface area contributed by atoms with Crippen LogP contribution in [0.3, 0.4) is 0 Å². The summed E-state index contributed by atoms with van der Waals surface area (Å²) < 4.78 is 0. The molecule has 2 rings (SSSR count). The summed E-state index contributed by atoms with van der Waals surface area (Å²) in [5.41, 5.74) is 4.42. The molecule has 0 spiro atoms. The molecule has 0 atom stereocenters. The third-order valence-corrected chi connectivity index (χ3v) is 4.52. The van der Waals surface area contributed by atoms with E-state index in [0.717, 1.165) is 29.5 Å². The largest absolute Gasteiger partial charge is 0.0979 e. The van der Waals surface area contributed by atoms with Crippen LogP contribution >= 0.6 is 0 Å². The van der Waals surface area contributed by atoms with Crippen LogP contribution in [0.5, 0.6) is 0 Å². The number of hydrogen-bond acceptors (Lipinski definition) is 0. The van der Waals surface area contributed by atoms with Crippen LogP contribution in [0.25, 0.3) is 0 Å². The molecule has 0 unspecified atom stereocenters. The molecule has 2 aromatic carbocycles. The second kappa shape index (κ2) is 13.3. The summed E-state index contributed by atoms with van der Waals surface area (Å²) in [6, 6.07) is 16.6. The molecule has 0 aromatic heterocycles. The highest BCUT2D eigenvalue weighted by molar-refractivity contribution is 5.46. The van der Waals surface area contributed by atoms with E-state index in [-0.39, 0.29) is 0 Å². The minimum absolute atomic E-state index is 0.970. The first kappa shape index (κ1) is 21.4. The Hall–Kier alpha value is -2.88. The van der Waals surface area contributed by atoms with Gasteiger partial charge in [0.15, 0.2) is 0 Å². The van der Waals surface area contributed by atoms with Crippen molar-refractivity contribution in [2.75, 3.05) is 0 Å². The van der Waals surface area contributed by atoms with Crippen LogP contribution in [0.4, 0.5) is 0 Å². The van der Waals surface area contributed by atoms with Crippen molar-refractivity contribution >= 4 is 0 Å². The summed E-state index contributed by atoms with van der Waals surface area (Å²) in [4.78, 5) is 0. The van der Waals surface area contributed by atoms with E-state index >= 15 is 0 Å². The number of benzene rings is 2. The van der Waals surface area contributed by atoms with Crippen LogP contribution in [-0.2, 0) is 6.42 Å². The summed E-state index contributed by atoms with van der Waals surface area (Å²) in [5, 5.41) is 0. The van der Waals surface area contributed by atoms with Gasteiger partial charge in [-0.3, -0.25) is 0 Å². The zero-order valence-corrected chi connectivity index (χ0v) is 17.3. The molecule has 0 amide bonds. The van der Waals surface area contributed by atoms with E-state index in [9.17, 15) is 0 Å². The van der Waals surface area contributed by atoms with Crippen molar-refractivity contribution in [3.05, 3.63) is 70.8 Å². The van der Waals surface area contributed by atoms with Crippen LogP contribution in [-0.4, -0.2) is 0 Å². The third-order valence-electron chi connectivity index (χ3n) is 4.52. The maximum atomic E-state index is 3.24. The van der Waals surface area contributed by atoms with Gasteiger partial charge in [-0.05, 0) is 73.1 Å². The van der Waals surface area contributed by atoms with Crippen LogP contribution in [0, 0.1) is 35.5 Å². The molecule has 0 aliphatic carbocycles. The summed E-state index contributed by atoms with van der Waals surface area (Å²) in [5.74, 6) is 18.6. The summed E-state index contributed by atoms with van der Waals surface area (Å²) >= 11 is 0. The van der Waals surface area contributed by atoms with Crippen molar-refractivity contribution in [1.82, 2.24) is 0 Å². The third kappa shape index (κ3) is 8.67. The van der Waals surface area contributed by atoms with Gasteiger partial charge in [0, 0.05) is 23.1 Å². The van der Waals surface area contributed by atoms with Gasteiger partial charge in [-0.1, -0.05) is 75.3 Å². The Morgan fingerprint density at radius 1 is 0.571 bits per heavy atom. The minimum atomic E-state index is 0.970. The van der Waals surface area contributed by atoms with E-state index in [2.05, 4.69) is 73.6 Å². The second-order valence-electron chi connectivity index (χ2n) is 6.99. The fourth-order valence-corrected chi connectivity index (χ4v) is 2.81. The Morgan fingerprint density at radius 2 is 1.07 bits per heavy atom. The van der Waals surface area contributed by atoms with Gasteiger partial charge >= 0.3 is 0 Å². The van der Waals surface area contributed by atoms with Crippen molar-refractivity contribution in [3.63, 3.8) is 0 Å². The predicted octanol–water partition coefficient (Wildman–Crippen LogP) is 6.75. The topological polar surface area (TPSA) is 0 Å². The van der Waals surface area contributed by atoms with Crippen LogP contribution in [0.1, 0.15) is 81.0 Å². The number of rotatable bonds is 7. The standard InChI is InChI=1S/C28H30/c1-3-5-7-8-10-14-26-19-23-28(24-20-26)16-12-11-15-27-21-17-25(18-22-27)13-9-6-4-2/h17-24H,3-9,13H2,1-2H3. The molecular formula is C28H30. The van der Waals surface area contributed by atoms with Gasteiger partial charge < -0.3 is 0 Å². The summed E-state index contributed by atoms with van der Waals surface area (Å²) in [6.07, 6.45) is 9.63. The molecule has 0 heterocycles. The Balaban J connectivity index is 1.85. The fourth-order valence-electron chi connectivity index (χ4n) is 2.81. The summed E-state index contributed by atoms with van der Waals surface area (Å²) in [6.45, 7) is 4.44. The van der Waals surface area contributed by atoms with Gasteiger partial charge in [0.05, 0.1) is 0 Å². The van der Waals surface area contributed by atoms with E-state index < -0.39 is 0 Å². The van der Waals surface area contributed by atoms with Crippen molar-refractivity contribution in [1.29, 1.82) is 0 Å². The molecule has 0 radical (unpaired) electrons. The average Bonchev–Trinajstić information content (AvgIpc) is 2.73. The van der Waals surface area contributed by atoms with Gasteiger partial charge in [-0.2, -0.15) is 0 Å². The first-order chi connectivity index (χ1) is 13.8. The van der Waals surface area contributed by atoms with Gasteiger partial charge in [0.2, 0.25) is 0 Å². The van der Waals surface area contributed by atoms with Crippen LogP contribution < -0.4 is 0 Å². The molecule has 0 saturated carbocycles. The fraction of sp³-hybridized carbons (Fsp3) is 0.357. The molecule has 0 N–H and O–H groups in total. The number of unbranched alkanes of at least 4 members (excludes halogenated alkanes) is 5. The van der Waals surface area contributed by atoms with Crippen molar-refractivity contribution in [2.24, 2.45) is 0 Å². The molecule has 0 nitrogen and oxygen atoms in total. The molecular weight excluding hydrogens is 336 g/mol. The van der Waals surface area contributed by atoms with E-state index in [0.29, 0.717) is 0 Å². The first-order valence-corrected chi connectivity index (χ1v) is 10.5. The van der Waals surface area contributed by atoms with Crippen LogP contribution in [0.15, 0.2) is 48.5 Å². The summed E-state index contributed by atoms with van der Waals surface area (Å²) in [7, 11) is 0. The SMILES string of the molecule is CCCCCC#Cc1ccc(C#CC#Cc2ccc(CCCCC)cc2)cc1. The molecule has 142 valence electrons. The van der Waals surface area contributed by atoms with Crippen molar-refractivity contribution in [2.45, 2.75) is 65.2 Å². The van der Waals surface area contributed by atoms with Gasteiger partial charge in [0.25, 0.3) is 0 Å². The van der Waals surface area contributed by atoms with E-state index in [1.165, 1.54) is 44.1 Å². The predicted molar refractivity (Wildman–Crippen MR) is 121 cm³/mol. The lowest BCUT2D eigenvalue weighted by Gasteiger charge is -2.00. The van der Waals surface area contributed by atoms with Gasteiger partial charge in [-0.15, -0.1) is 0 Å². The van der Waals surface area contributed by atoms with Gasteiger partial charge in [0.1, 0.15) is 0 Å². The molecule has 0 saturated heterocycles. The highest BCUT2D eigenvalue weighted by Crippen LogP contribution is 2.08. The highest BCUT2D eigenvalue weighted by atomic mass is 14.0.